The fourth-order valence-corrected chi connectivity index (χ4v) is 3.33. The molecule has 3 N–H and O–H groups in total. The van der Waals surface area contributed by atoms with Gasteiger partial charge in [-0.25, -0.2) is 14.6 Å². The van der Waals surface area contributed by atoms with Gasteiger partial charge >= 0.3 is 12.1 Å². The molecule has 188 valence electrons. The van der Waals surface area contributed by atoms with E-state index in [0.29, 0.717) is 41.3 Å². The largest absolute Gasteiger partial charge is 0.496 e. The van der Waals surface area contributed by atoms with Crippen LogP contribution >= 0.6 is 0 Å². The predicted molar refractivity (Wildman–Crippen MR) is 134 cm³/mol. The van der Waals surface area contributed by atoms with Crippen molar-refractivity contribution in [3.63, 3.8) is 0 Å². The molecule has 0 aliphatic carbocycles. The van der Waals surface area contributed by atoms with Crippen LogP contribution in [0.2, 0.25) is 0 Å². The molecule has 0 bridgehead atoms. The number of ether oxygens (including phenoxy) is 2. The molecule has 3 aromatic rings. The molecule has 1 heterocycles. The van der Waals surface area contributed by atoms with Gasteiger partial charge in [0.2, 0.25) is 0 Å². The first-order valence-corrected chi connectivity index (χ1v) is 11.3. The molecule has 2 aromatic carbocycles. The number of urea groups is 1. The highest BCUT2D eigenvalue weighted by Crippen LogP contribution is 2.32. The topological polar surface area (TPSA) is 139 Å². The number of nitrogens with one attached hydrogen (secondary N) is 3. The minimum absolute atomic E-state index is 0.215. The molecule has 36 heavy (non-hydrogen) atoms. The molecular weight excluding hydrogens is 462 g/mol. The zero-order chi connectivity index (χ0) is 26.0. The number of rotatable bonds is 10. The maximum absolute atomic E-state index is 12.5. The van der Waals surface area contributed by atoms with Gasteiger partial charge in [0.25, 0.3) is 0 Å². The van der Waals surface area contributed by atoms with E-state index < -0.39 is 12.1 Å². The van der Waals surface area contributed by atoms with Crippen LogP contribution in [0.3, 0.4) is 0 Å². The normalized spacial score (nSPS) is 10.7. The number of oxazole rings is 1. The number of carbonyl (C=O) groups is 2. The quantitative estimate of drug-likeness (QED) is 0.338. The number of carbonyl (C=O) groups excluding carboxylic acids is 2. The average Bonchev–Trinajstić information content (AvgIpc) is 3.40. The van der Waals surface area contributed by atoms with Crippen molar-refractivity contribution in [2.45, 2.75) is 33.2 Å². The highest BCUT2D eigenvalue weighted by atomic mass is 16.5. The summed E-state index contributed by atoms with van der Waals surface area (Å²) in [5.41, 5.74) is 2.32. The van der Waals surface area contributed by atoms with Crippen LogP contribution in [-0.2, 0) is 11.3 Å². The smallest absolute Gasteiger partial charge is 0.407 e. The summed E-state index contributed by atoms with van der Waals surface area (Å²) in [6.07, 6.45) is 3.42. The number of amides is 3. The summed E-state index contributed by atoms with van der Waals surface area (Å²) in [5, 5.41) is 17.0. The maximum atomic E-state index is 12.5. The highest BCUT2D eigenvalue weighted by molar-refractivity contribution is 6.00. The number of hydrogen-bond donors (Lipinski definition) is 3. The van der Waals surface area contributed by atoms with E-state index >= 15 is 0 Å². The Morgan fingerprint density at radius 2 is 1.92 bits per heavy atom. The minimum atomic E-state index is -0.543. The van der Waals surface area contributed by atoms with Crippen molar-refractivity contribution in [1.82, 2.24) is 10.3 Å². The molecule has 0 fully saturated rings. The lowest BCUT2D eigenvalue weighted by molar-refractivity contribution is 0.0948. The van der Waals surface area contributed by atoms with Gasteiger partial charge < -0.3 is 29.8 Å². The van der Waals surface area contributed by atoms with Crippen molar-refractivity contribution >= 4 is 23.5 Å². The number of anilines is 2. The van der Waals surface area contributed by atoms with Crippen molar-refractivity contribution in [1.29, 1.82) is 5.26 Å². The molecule has 10 nitrogen and oxygen atoms in total. The van der Waals surface area contributed by atoms with Crippen LogP contribution in [0.4, 0.5) is 21.0 Å². The third-order valence-corrected chi connectivity index (χ3v) is 5.29. The Kier molecular flexibility index (Phi) is 8.89. The van der Waals surface area contributed by atoms with Crippen LogP contribution in [0.15, 0.2) is 59.5 Å². The van der Waals surface area contributed by atoms with Crippen LogP contribution in [0.25, 0.3) is 11.3 Å². The summed E-state index contributed by atoms with van der Waals surface area (Å²) in [4.78, 5) is 28.5. The van der Waals surface area contributed by atoms with E-state index in [1.54, 1.807) is 42.6 Å². The lowest BCUT2D eigenvalue weighted by Crippen LogP contribution is -2.29. The summed E-state index contributed by atoms with van der Waals surface area (Å²) in [7, 11) is 1.53. The first kappa shape index (κ1) is 26.1. The van der Waals surface area contributed by atoms with Gasteiger partial charge in [0.1, 0.15) is 5.75 Å². The summed E-state index contributed by atoms with van der Waals surface area (Å²) < 4.78 is 16.0. The number of benzene rings is 2. The fourth-order valence-electron chi connectivity index (χ4n) is 3.33. The molecule has 0 saturated carbocycles. The van der Waals surface area contributed by atoms with Crippen LogP contribution in [0.5, 0.6) is 5.75 Å². The number of nitrogens with zero attached hydrogens (tertiary/aromatic N) is 2. The minimum Gasteiger partial charge on any atom is -0.496 e. The zero-order valence-corrected chi connectivity index (χ0v) is 20.5. The van der Waals surface area contributed by atoms with Gasteiger partial charge in [0, 0.05) is 30.4 Å². The molecule has 0 radical (unpaired) electrons. The first-order chi connectivity index (χ1) is 17.3. The fraction of sp³-hybridized carbons (Fsp3) is 0.308. The second kappa shape index (κ2) is 12.3. The number of aromatic nitrogens is 1. The second-order valence-electron chi connectivity index (χ2n) is 8.81. The molecule has 0 aliphatic heterocycles. The van der Waals surface area contributed by atoms with Crippen LogP contribution in [0.1, 0.15) is 32.3 Å². The lowest BCUT2D eigenvalue weighted by Gasteiger charge is -2.22. The Morgan fingerprint density at radius 1 is 1.14 bits per heavy atom. The van der Waals surface area contributed by atoms with E-state index in [1.807, 2.05) is 19.9 Å². The van der Waals surface area contributed by atoms with E-state index in [9.17, 15) is 9.59 Å². The first-order valence-electron chi connectivity index (χ1n) is 11.3. The summed E-state index contributed by atoms with van der Waals surface area (Å²) in [6.45, 7) is 4.33. The van der Waals surface area contributed by atoms with Gasteiger partial charge in [0.05, 0.1) is 31.5 Å². The van der Waals surface area contributed by atoms with Crippen molar-refractivity contribution in [2.75, 3.05) is 24.4 Å². The average molecular weight is 492 g/mol. The molecule has 0 saturated heterocycles. The van der Waals surface area contributed by atoms with Crippen LogP contribution < -0.4 is 20.7 Å². The third-order valence-electron chi connectivity index (χ3n) is 5.29. The van der Waals surface area contributed by atoms with E-state index in [-0.39, 0.29) is 18.6 Å². The van der Waals surface area contributed by atoms with Crippen molar-refractivity contribution in [3.05, 3.63) is 60.6 Å². The number of nitriles is 1. The molecular formula is C26H29N5O5. The standard InChI is InChI=1S/C26H29N5O5/c1-26(2,10-5-11-27)16-35-25(33)29-14-18-6-4-7-19(12-18)30-24(32)31-20-8-9-21(22(13-20)34-3)23-15-28-17-36-23/h4,6-9,12-13,15,17H,5,10,14,16H2,1-3H3,(H,29,33)(H2,30,31,32). The van der Waals surface area contributed by atoms with Gasteiger partial charge in [-0.15, -0.1) is 0 Å². The number of methoxy groups -OCH3 is 1. The third kappa shape index (κ3) is 7.77. The molecule has 0 unspecified atom stereocenters. The second-order valence-corrected chi connectivity index (χ2v) is 8.81. The van der Waals surface area contributed by atoms with Crippen LogP contribution in [-0.4, -0.2) is 30.8 Å². The molecule has 0 atom stereocenters. The van der Waals surface area contributed by atoms with Crippen molar-refractivity contribution < 1.29 is 23.5 Å². The van der Waals surface area contributed by atoms with E-state index in [4.69, 9.17) is 19.2 Å². The number of hydrogen-bond acceptors (Lipinski definition) is 7. The van der Waals surface area contributed by atoms with Gasteiger partial charge in [-0.2, -0.15) is 5.26 Å². The molecule has 0 aliphatic rings. The van der Waals surface area contributed by atoms with E-state index in [0.717, 1.165) is 5.56 Å². The summed E-state index contributed by atoms with van der Waals surface area (Å²) >= 11 is 0. The molecule has 1 aromatic heterocycles. The van der Waals surface area contributed by atoms with Crippen LogP contribution in [0, 0.1) is 16.7 Å². The summed E-state index contributed by atoms with van der Waals surface area (Å²) in [5.74, 6) is 1.08. The number of alkyl carbamates (subject to hydrolysis) is 1. The maximum Gasteiger partial charge on any atom is 0.407 e. The predicted octanol–water partition coefficient (Wildman–Crippen LogP) is 5.55. The lowest BCUT2D eigenvalue weighted by atomic mass is 9.89. The van der Waals surface area contributed by atoms with Crippen molar-refractivity contribution in [3.8, 4) is 23.1 Å². The van der Waals surface area contributed by atoms with E-state index in [2.05, 4.69) is 27.0 Å². The molecule has 0 spiro atoms. The zero-order valence-electron chi connectivity index (χ0n) is 20.5. The van der Waals surface area contributed by atoms with Gasteiger partial charge in [0.15, 0.2) is 12.2 Å². The Labute approximate surface area is 209 Å². The molecule has 3 amide bonds. The Hall–Kier alpha value is -4.52. The SMILES string of the molecule is COc1cc(NC(=O)Nc2cccc(CNC(=O)OCC(C)(C)CCC#N)c2)ccc1-c1cnco1. The van der Waals surface area contributed by atoms with Gasteiger partial charge in [-0.3, -0.25) is 0 Å². The highest BCUT2D eigenvalue weighted by Gasteiger charge is 2.20. The monoisotopic (exact) mass is 491 g/mol. The van der Waals surface area contributed by atoms with Gasteiger partial charge in [-0.1, -0.05) is 26.0 Å². The Morgan fingerprint density at radius 3 is 2.61 bits per heavy atom. The van der Waals surface area contributed by atoms with Gasteiger partial charge in [-0.05, 0) is 41.7 Å². The Bertz CT molecular complexity index is 1220. The Balaban J connectivity index is 1.51. The van der Waals surface area contributed by atoms with Crippen molar-refractivity contribution in [2.24, 2.45) is 5.41 Å². The van der Waals surface area contributed by atoms with E-state index in [1.165, 1.54) is 13.5 Å². The molecule has 10 heteroatoms. The molecule has 3 rings (SSSR count). The summed E-state index contributed by atoms with van der Waals surface area (Å²) in [6, 6.07) is 13.9.